The highest BCUT2D eigenvalue weighted by Gasteiger charge is 2.17. The van der Waals surface area contributed by atoms with Crippen molar-refractivity contribution in [2.45, 2.75) is 39.5 Å². The SMILES string of the molecule is CCCC(CCC)C(=O)Nc1cc(Br)ccc1C#N. The minimum atomic E-state index is 0.0123. The summed E-state index contributed by atoms with van der Waals surface area (Å²) < 4.78 is 0.851. The maximum Gasteiger partial charge on any atom is 0.227 e. The maximum atomic E-state index is 12.2. The molecule has 0 unspecified atom stereocenters. The number of halogens is 1. The van der Waals surface area contributed by atoms with Gasteiger partial charge in [-0.3, -0.25) is 4.79 Å². The molecule has 0 fully saturated rings. The Bertz CT molecular complexity index is 474. The molecule has 0 spiro atoms. The number of rotatable bonds is 6. The summed E-state index contributed by atoms with van der Waals surface area (Å²) in [6.45, 7) is 4.16. The molecule has 102 valence electrons. The third-order valence-electron chi connectivity index (χ3n) is 3.00. The maximum absolute atomic E-state index is 12.2. The number of hydrogen-bond donors (Lipinski definition) is 1. The molecule has 1 aromatic carbocycles. The number of anilines is 1. The van der Waals surface area contributed by atoms with Crippen LogP contribution in [0.15, 0.2) is 22.7 Å². The van der Waals surface area contributed by atoms with Gasteiger partial charge in [0.25, 0.3) is 0 Å². The Morgan fingerprint density at radius 1 is 1.37 bits per heavy atom. The number of hydrogen-bond acceptors (Lipinski definition) is 2. The van der Waals surface area contributed by atoms with E-state index in [0.717, 1.165) is 30.2 Å². The first-order valence-electron chi connectivity index (χ1n) is 6.62. The van der Waals surface area contributed by atoms with Gasteiger partial charge in [0.05, 0.1) is 11.3 Å². The Labute approximate surface area is 123 Å². The van der Waals surface area contributed by atoms with E-state index in [1.807, 2.05) is 0 Å². The van der Waals surface area contributed by atoms with E-state index in [4.69, 9.17) is 5.26 Å². The van der Waals surface area contributed by atoms with Crippen molar-refractivity contribution in [3.8, 4) is 6.07 Å². The summed E-state index contributed by atoms with van der Waals surface area (Å²) in [5.41, 5.74) is 1.07. The standard InChI is InChI=1S/C15H19BrN2O/c1-3-5-11(6-4-2)15(19)18-14-9-13(16)8-7-12(14)10-17/h7-9,11H,3-6H2,1-2H3,(H,18,19). The topological polar surface area (TPSA) is 52.9 Å². The van der Waals surface area contributed by atoms with Gasteiger partial charge in [-0.15, -0.1) is 0 Å². The second-order valence-electron chi connectivity index (χ2n) is 4.57. The van der Waals surface area contributed by atoms with Crippen LogP contribution in [0.25, 0.3) is 0 Å². The molecule has 0 aliphatic rings. The van der Waals surface area contributed by atoms with Crippen molar-refractivity contribution in [2.75, 3.05) is 5.32 Å². The molecule has 0 heterocycles. The van der Waals surface area contributed by atoms with Crippen LogP contribution in [-0.4, -0.2) is 5.91 Å². The predicted molar refractivity (Wildman–Crippen MR) is 80.8 cm³/mol. The Morgan fingerprint density at radius 3 is 2.53 bits per heavy atom. The summed E-state index contributed by atoms with van der Waals surface area (Å²) in [6.07, 6.45) is 3.74. The molecule has 0 saturated carbocycles. The average molecular weight is 323 g/mol. The molecule has 0 saturated heterocycles. The van der Waals surface area contributed by atoms with E-state index in [0.29, 0.717) is 11.3 Å². The molecule has 0 radical (unpaired) electrons. The van der Waals surface area contributed by atoms with Gasteiger partial charge in [-0.1, -0.05) is 42.6 Å². The van der Waals surface area contributed by atoms with Crippen molar-refractivity contribution >= 4 is 27.5 Å². The first-order chi connectivity index (χ1) is 9.12. The van der Waals surface area contributed by atoms with Crippen molar-refractivity contribution in [1.29, 1.82) is 5.26 Å². The zero-order valence-electron chi connectivity index (χ0n) is 11.4. The van der Waals surface area contributed by atoms with Crippen molar-refractivity contribution in [3.05, 3.63) is 28.2 Å². The molecule has 0 aromatic heterocycles. The highest BCUT2D eigenvalue weighted by atomic mass is 79.9. The van der Waals surface area contributed by atoms with Gasteiger partial charge >= 0.3 is 0 Å². The second-order valence-corrected chi connectivity index (χ2v) is 5.48. The van der Waals surface area contributed by atoms with Crippen LogP contribution in [0.5, 0.6) is 0 Å². The first kappa shape index (κ1) is 15.7. The summed E-state index contributed by atoms with van der Waals surface area (Å²) in [6, 6.07) is 7.36. The van der Waals surface area contributed by atoms with E-state index >= 15 is 0 Å². The Kier molecular flexibility index (Phi) is 6.58. The van der Waals surface area contributed by atoms with Crippen LogP contribution in [0.2, 0.25) is 0 Å². The number of carbonyl (C=O) groups excluding carboxylic acids is 1. The summed E-state index contributed by atoms with van der Waals surface area (Å²) in [5, 5.41) is 11.9. The smallest absolute Gasteiger partial charge is 0.227 e. The van der Waals surface area contributed by atoms with Gasteiger partial charge in [-0.05, 0) is 31.0 Å². The van der Waals surface area contributed by atoms with Crippen LogP contribution >= 0.6 is 15.9 Å². The highest BCUT2D eigenvalue weighted by Crippen LogP contribution is 2.23. The molecule has 0 bridgehead atoms. The summed E-state index contributed by atoms with van der Waals surface area (Å²) in [7, 11) is 0. The molecule has 0 atom stereocenters. The lowest BCUT2D eigenvalue weighted by Crippen LogP contribution is -2.23. The van der Waals surface area contributed by atoms with Gasteiger partial charge in [0.15, 0.2) is 0 Å². The number of amides is 1. The van der Waals surface area contributed by atoms with Crippen LogP contribution < -0.4 is 5.32 Å². The fourth-order valence-corrected chi connectivity index (χ4v) is 2.42. The minimum absolute atomic E-state index is 0.0123. The average Bonchev–Trinajstić information content (AvgIpc) is 2.38. The van der Waals surface area contributed by atoms with Gasteiger partial charge < -0.3 is 5.32 Å². The van der Waals surface area contributed by atoms with E-state index in [1.54, 1.807) is 18.2 Å². The van der Waals surface area contributed by atoms with Crippen molar-refractivity contribution in [3.63, 3.8) is 0 Å². The van der Waals surface area contributed by atoms with Gasteiger partial charge in [-0.2, -0.15) is 5.26 Å². The molecular weight excluding hydrogens is 304 g/mol. The number of benzene rings is 1. The van der Waals surface area contributed by atoms with Crippen molar-refractivity contribution in [1.82, 2.24) is 0 Å². The van der Waals surface area contributed by atoms with Gasteiger partial charge in [0, 0.05) is 10.4 Å². The van der Waals surface area contributed by atoms with Crippen LogP contribution in [0, 0.1) is 17.2 Å². The van der Waals surface area contributed by atoms with Crippen LogP contribution in [0.4, 0.5) is 5.69 Å². The molecule has 0 aliphatic heterocycles. The summed E-state index contributed by atoms with van der Waals surface area (Å²) >= 11 is 3.35. The Hall–Kier alpha value is -1.34. The van der Waals surface area contributed by atoms with Gasteiger partial charge in [0.2, 0.25) is 5.91 Å². The fraction of sp³-hybridized carbons (Fsp3) is 0.467. The number of carbonyl (C=O) groups is 1. The zero-order valence-corrected chi connectivity index (χ0v) is 13.0. The van der Waals surface area contributed by atoms with E-state index < -0.39 is 0 Å². The Morgan fingerprint density at radius 2 is 2.00 bits per heavy atom. The van der Waals surface area contributed by atoms with Crippen molar-refractivity contribution in [2.24, 2.45) is 5.92 Å². The fourth-order valence-electron chi connectivity index (χ4n) is 2.06. The van der Waals surface area contributed by atoms with E-state index in [-0.39, 0.29) is 11.8 Å². The predicted octanol–water partition coefficient (Wildman–Crippen LogP) is 4.48. The lowest BCUT2D eigenvalue weighted by atomic mass is 9.97. The third kappa shape index (κ3) is 4.68. The zero-order chi connectivity index (χ0) is 14.3. The van der Waals surface area contributed by atoms with E-state index in [2.05, 4.69) is 41.2 Å². The van der Waals surface area contributed by atoms with Crippen LogP contribution in [0.3, 0.4) is 0 Å². The lowest BCUT2D eigenvalue weighted by Gasteiger charge is -2.16. The first-order valence-corrected chi connectivity index (χ1v) is 7.42. The Balaban J connectivity index is 2.85. The van der Waals surface area contributed by atoms with Crippen molar-refractivity contribution < 1.29 is 4.79 Å². The molecule has 1 aromatic rings. The largest absolute Gasteiger partial charge is 0.325 e. The quantitative estimate of drug-likeness (QED) is 0.839. The molecule has 1 rings (SSSR count). The van der Waals surface area contributed by atoms with E-state index in [9.17, 15) is 4.79 Å². The van der Waals surface area contributed by atoms with Crippen LogP contribution in [-0.2, 0) is 4.79 Å². The van der Waals surface area contributed by atoms with Gasteiger partial charge in [-0.25, -0.2) is 0 Å². The summed E-state index contributed by atoms with van der Waals surface area (Å²) in [5.74, 6) is 0.0406. The number of nitriles is 1. The number of nitrogens with one attached hydrogen (secondary N) is 1. The number of nitrogens with zero attached hydrogens (tertiary/aromatic N) is 1. The van der Waals surface area contributed by atoms with Crippen LogP contribution in [0.1, 0.15) is 45.1 Å². The normalized spacial score (nSPS) is 10.3. The van der Waals surface area contributed by atoms with E-state index in [1.165, 1.54) is 0 Å². The highest BCUT2D eigenvalue weighted by molar-refractivity contribution is 9.10. The third-order valence-corrected chi connectivity index (χ3v) is 3.50. The summed E-state index contributed by atoms with van der Waals surface area (Å²) in [4.78, 5) is 12.2. The molecule has 1 N–H and O–H groups in total. The minimum Gasteiger partial charge on any atom is -0.325 e. The molecule has 19 heavy (non-hydrogen) atoms. The molecule has 3 nitrogen and oxygen atoms in total. The monoisotopic (exact) mass is 322 g/mol. The van der Waals surface area contributed by atoms with Gasteiger partial charge in [0.1, 0.15) is 6.07 Å². The second kappa shape index (κ2) is 7.96. The molecular formula is C15H19BrN2O. The lowest BCUT2D eigenvalue weighted by molar-refractivity contribution is -0.120. The molecule has 1 amide bonds. The molecule has 0 aliphatic carbocycles. The molecule has 4 heteroatoms.